The fourth-order valence-electron chi connectivity index (χ4n) is 3.34. The Morgan fingerprint density at radius 1 is 1.00 bits per heavy atom. The Labute approximate surface area is 181 Å². The molecule has 150 valence electrons. The highest BCUT2D eigenvalue weighted by atomic mass is 35.5. The number of halogens is 3. The van der Waals surface area contributed by atoms with Gasteiger partial charge in [-0.05, 0) is 48.5 Å². The second-order valence-corrected chi connectivity index (χ2v) is 7.35. The van der Waals surface area contributed by atoms with Crippen LogP contribution in [0.25, 0.3) is 5.76 Å². The Hall–Kier alpha value is -3.22. The standard InChI is InChI=1S/C22H13Cl2FN2O3/c23-15-8-7-12(10-16(15)24)20(28)18-19(17-6-1-2-9-26-17)27(22(30)21(18)29)14-5-3-4-13(25)11-14/h1-11,19,28H/b20-18+. The predicted molar refractivity (Wildman–Crippen MR) is 112 cm³/mol. The molecule has 8 heteroatoms. The third kappa shape index (κ3) is 3.44. The molecule has 0 radical (unpaired) electrons. The number of carbonyl (C=O) groups is 2. The van der Waals surface area contributed by atoms with Gasteiger partial charge in [0.2, 0.25) is 0 Å². The molecule has 1 amide bonds. The van der Waals surface area contributed by atoms with Crippen molar-refractivity contribution in [3.05, 3.63) is 99.6 Å². The zero-order valence-electron chi connectivity index (χ0n) is 15.2. The number of aliphatic hydroxyl groups is 1. The summed E-state index contributed by atoms with van der Waals surface area (Å²) in [5.41, 5.74) is 0.535. The number of anilines is 1. The topological polar surface area (TPSA) is 70.5 Å². The van der Waals surface area contributed by atoms with Gasteiger partial charge < -0.3 is 5.11 Å². The molecule has 0 aliphatic carbocycles. The molecule has 1 N–H and O–H groups in total. The second kappa shape index (κ2) is 7.89. The van der Waals surface area contributed by atoms with Crippen LogP contribution in [0, 0.1) is 5.82 Å². The van der Waals surface area contributed by atoms with Crippen LogP contribution in [-0.2, 0) is 9.59 Å². The average molecular weight is 443 g/mol. The highest BCUT2D eigenvalue weighted by Crippen LogP contribution is 2.42. The summed E-state index contributed by atoms with van der Waals surface area (Å²) in [5, 5.41) is 11.4. The number of hydrogen-bond acceptors (Lipinski definition) is 4. The third-order valence-electron chi connectivity index (χ3n) is 4.69. The van der Waals surface area contributed by atoms with Gasteiger partial charge in [-0.1, -0.05) is 35.3 Å². The minimum atomic E-state index is -1.05. The lowest BCUT2D eigenvalue weighted by molar-refractivity contribution is -0.132. The third-order valence-corrected chi connectivity index (χ3v) is 5.43. The van der Waals surface area contributed by atoms with E-state index < -0.39 is 29.3 Å². The fourth-order valence-corrected chi connectivity index (χ4v) is 3.64. The summed E-state index contributed by atoms with van der Waals surface area (Å²) in [6.45, 7) is 0. The molecule has 1 aliphatic heterocycles. The van der Waals surface area contributed by atoms with Gasteiger partial charge in [0.15, 0.2) is 0 Å². The number of aromatic nitrogens is 1. The Morgan fingerprint density at radius 3 is 2.47 bits per heavy atom. The van der Waals surface area contributed by atoms with Gasteiger partial charge >= 0.3 is 0 Å². The molecule has 4 rings (SSSR count). The molecule has 1 saturated heterocycles. The number of carbonyl (C=O) groups excluding carboxylic acids is 2. The summed E-state index contributed by atoms with van der Waals surface area (Å²) in [7, 11) is 0. The van der Waals surface area contributed by atoms with Gasteiger partial charge in [-0.2, -0.15) is 0 Å². The van der Waals surface area contributed by atoms with Crippen molar-refractivity contribution in [1.82, 2.24) is 4.98 Å². The SMILES string of the molecule is O=C1C(=O)N(c2cccc(F)c2)C(c2ccccn2)/C1=C(\O)c1ccc(Cl)c(Cl)c1. The van der Waals surface area contributed by atoms with Crippen molar-refractivity contribution in [2.45, 2.75) is 6.04 Å². The first-order chi connectivity index (χ1) is 14.4. The molecule has 30 heavy (non-hydrogen) atoms. The van der Waals surface area contributed by atoms with Crippen LogP contribution in [-0.4, -0.2) is 21.8 Å². The molecule has 0 saturated carbocycles. The number of nitrogens with zero attached hydrogens (tertiary/aromatic N) is 2. The monoisotopic (exact) mass is 442 g/mol. The number of amides is 1. The van der Waals surface area contributed by atoms with E-state index in [0.29, 0.717) is 5.69 Å². The summed E-state index contributed by atoms with van der Waals surface area (Å²) in [4.78, 5) is 31.2. The van der Waals surface area contributed by atoms with Crippen LogP contribution in [0.5, 0.6) is 0 Å². The van der Waals surface area contributed by atoms with Gasteiger partial charge in [0.25, 0.3) is 11.7 Å². The van der Waals surface area contributed by atoms with E-state index >= 15 is 0 Å². The molecule has 1 aliphatic rings. The van der Waals surface area contributed by atoms with E-state index in [2.05, 4.69) is 4.98 Å². The van der Waals surface area contributed by atoms with Crippen molar-refractivity contribution in [3.63, 3.8) is 0 Å². The first-order valence-electron chi connectivity index (χ1n) is 8.81. The molecular formula is C22H13Cl2FN2O3. The summed E-state index contributed by atoms with van der Waals surface area (Å²) in [5.74, 6) is -2.82. The average Bonchev–Trinajstić information content (AvgIpc) is 3.01. The largest absolute Gasteiger partial charge is 0.507 e. The quantitative estimate of drug-likeness (QED) is 0.345. The van der Waals surface area contributed by atoms with Gasteiger partial charge in [0.05, 0.1) is 21.3 Å². The molecule has 0 bridgehead atoms. The number of rotatable bonds is 3. The first-order valence-corrected chi connectivity index (χ1v) is 9.57. The molecule has 2 aromatic carbocycles. The normalized spacial score (nSPS) is 18.1. The minimum absolute atomic E-state index is 0.168. The number of pyridine rings is 1. The summed E-state index contributed by atoms with van der Waals surface area (Å²) in [6, 6.07) is 13.6. The van der Waals surface area contributed by atoms with Gasteiger partial charge in [-0.15, -0.1) is 0 Å². The van der Waals surface area contributed by atoms with E-state index in [0.717, 1.165) is 11.0 Å². The fraction of sp³-hybridized carbons (Fsp3) is 0.0455. The van der Waals surface area contributed by atoms with Crippen LogP contribution in [0.15, 0.2) is 72.4 Å². The first kappa shape index (κ1) is 20.1. The van der Waals surface area contributed by atoms with Gasteiger partial charge in [-0.25, -0.2) is 4.39 Å². The Kier molecular flexibility index (Phi) is 5.28. The molecule has 1 unspecified atom stereocenters. The zero-order chi connectivity index (χ0) is 21.4. The Bertz CT molecular complexity index is 1200. The van der Waals surface area contributed by atoms with Gasteiger partial charge in [0, 0.05) is 17.4 Å². The van der Waals surface area contributed by atoms with E-state index in [1.807, 2.05) is 0 Å². The lowest BCUT2D eigenvalue weighted by Gasteiger charge is -2.24. The Balaban J connectivity index is 1.95. The second-order valence-electron chi connectivity index (χ2n) is 6.53. The van der Waals surface area contributed by atoms with Crippen LogP contribution < -0.4 is 4.90 Å². The number of aliphatic hydroxyl groups excluding tert-OH is 1. The van der Waals surface area contributed by atoms with Crippen molar-refractivity contribution in [2.24, 2.45) is 0 Å². The lowest BCUT2D eigenvalue weighted by Crippen LogP contribution is -2.29. The zero-order valence-corrected chi connectivity index (χ0v) is 16.7. The molecule has 5 nitrogen and oxygen atoms in total. The summed E-state index contributed by atoms with van der Waals surface area (Å²) < 4.78 is 13.9. The van der Waals surface area contributed by atoms with Crippen LogP contribution in [0.1, 0.15) is 17.3 Å². The number of benzene rings is 2. The summed E-state index contributed by atoms with van der Waals surface area (Å²) in [6.07, 6.45) is 1.50. The van der Waals surface area contributed by atoms with Crippen molar-refractivity contribution in [1.29, 1.82) is 0 Å². The smallest absolute Gasteiger partial charge is 0.300 e. The summed E-state index contributed by atoms with van der Waals surface area (Å²) >= 11 is 12.0. The van der Waals surface area contributed by atoms with E-state index in [1.54, 1.807) is 18.2 Å². The van der Waals surface area contributed by atoms with Crippen molar-refractivity contribution in [2.75, 3.05) is 4.90 Å². The molecule has 2 heterocycles. The van der Waals surface area contributed by atoms with Crippen LogP contribution in [0.4, 0.5) is 10.1 Å². The molecule has 3 aromatic rings. The Morgan fingerprint density at radius 2 is 1.80 bits per heavy atom. The number of Topliss-reactive ketones (excluding diaryl/α,β-unsaturated/α-hetero) is 1. The van der Waals surface area contributed by atoms with Crippen LogP contribution >= 0.6 is 23.2 Å². The van der Waals surface area contributed by atoms with Crippen LogP contribution in [0.2, 0.25) is 10.0 Å². The lowest BCUT2D eigenvalue weighted by atomic mass is 9.98. The molecule has 1 aromatic heterocycles. The van der Waals surface area contributed by atoms with E-state index in [-0.39, 0.29) is 26.9 Å². The molecule has 1 atom stereocenters. The van der Waals surface area contributed by atoms with E-state index in [1.165, 1.54) is 42.6 Å². The molecule has 1 fully saturated rings. The molecular weight excluding hydrogens is 430 g/mol. The number of ketones is 1. The highest BCUT2D eigenvalue weighted by molar-refractivity contribution is 6.51. The van der Waals surface area contributed by atoms with Crippen molar-refractivity contribution >= 4 is 46.3 Å². The maximum absolute atomic E-state index is 13.9. The van der Waals surface area contributed by atoms with Crippen molar-refractivity contribution < 1.29 is 19.1 Å². The van der Waals surface area contributed by atoms with Crippen molar-refractivity contribution in [3.8, 4) is 0 Å². The number of hydrogen-bond donors (Lipinski definition) is 1. The minimum Gasteiger partial charge on any atom is -0.507 e. The van der Waals surface area contributed by atoms with E-state index in [4.69, 9.17) is 23.2 Å². The highest BCUT2D eigenvalue weighted by Gasteiger charge is 2.47. The van der Waals surface area contributed by atoms with Crippen LogP contribution in [0.3, 0.4) is 0 Å². The maximum Gasteiger partial charge on any atom is 0.300 e. The van der Waals surface area contributed by atoms with Gasteiger partial charge in [0.1, 0.15) is 17.6 Å². The predicted octanol–water partition coefficient (Wildman–Crippen LogP) is 5.15. The molecule has 0 spiro atoms. The maximum atomic E-state index is 13.9. The van der Waals surface area contributed by atoms with E-state index in [9.17, 15) is 19.1 Å². The van der Waals surface area contributed by atoms with Gasteiger partial charge in [-0.3, -0.25) is 19.5 Å².